The molecule has 0 bridgehead atoms. The predicted molar refractivity (Wildman–Crippen MR) is 85.2 cm³/mol. The number of hydrogen-bond acceptors (Lipinski definition) is 3. The number of hydrogen-bond donors (Lipinski definition) is 1. The van der Waals surface area contributed by atoms with Crippen molar-refractivity contribution in [1.82, 2.24) is 4.72 Å². The van der Waals surface area contributed by atoms with E-state index in [0.717, 1.165) is 25.7 Å². The Bertz CT molecular complexity index is 589. The largest absolute Gasteiger partial charge is 0.493 e. The Morgan fingerprint density at radius 3 is 2.73 bits per heavy atom. The van der Waals surface area contributed by atoms with Crippen molar-refractivity contribution in [1.29, 1.82) is 0 Å². The van der Waals surface area contributed by atoms with Gasteiger partial charge >= 0.3 is 0 Å². The van der Waals surface area contributed by atoms with E-state index in [4.69, 9.17) is 16.3 Å². The second-order valence-corrected chi connectivity index (χ2v) is 8.07. The molecule has 0 aliphatic heterocycles. The first-order valence-electron chi connectivity index (χ1n) is 7.48. The number of sulfonamides is 1. The van der Waals surface area contributed by atoms with E-state index in [1.165, 1.54) is 12.1 Å². The van der Waals surface area contributed by atoms with E-state index in [1.807, 2.05) is 0 Å². The van der Waals surface area contributed by atoms with Gasteiger partial charge in [0.15, 0.2) is 0 Å². The van der Waals surface area contributed by atoms with E-state index in [-0.39, 0.29) is 22.7 Å². The summed E-state index contributed by atoms with van der Waals surface area (Å²) < 4.78 is 45.2. The van der Waals surface area contributed by atoms with E-state index in [1.54, 1.807) is 13.0 Å². The average Bonchev–Trinajstić information content (AvgIpc) is 2.45. The molecule has 1 aromatic carbocycles. The van der Waals surface area contributed by atoms with E-state index in [0.29, 0.717) is 12.4 Å². The molecule has 124 valence electrons. The van der Waals surface area contributed by atoms with Gasteiger partial charge < -0.3 is 4.74 Å². The number of benzene rings is 1. The fraction of sp³-hybridized carbons (Fsp3) is 0.600. The maximum atomic E-state index is 13.3. The molecular weight excluding hydrogens is 329 g/mol. The van der Waals surface area contributed by atoms with E-state index in [9.17, 15) is 12.8 Å². The maximum Gasteiger partial charge on any atom is 0.211 e. The minimum atomic E-state index is -3.24. The van der Waals surface area contributed by atoms with Gasteiger partial charge in [-0.1, -0.05) is 24.4 Å². The lowest BCUT2D eigenvalue weighted by molar-refractivity contribution is 0.180. The van der Waals surface area contributed by atoms with Crippen molar-refractivity contribution in [2.75, 3.05) is 12.4 Å². The number of ether oxygens (including phenoxy) is 1. The van der Waals surface area contributed by atoms with E-state index in [2.05, 4.69) is 4.72 Å². The Morgan fingerprint density at radius 1 is 1.32 bits per heavy atom. The highest BCUT2D eigenvalue weighted by Crippen LogP contribution is 2.27. The molecule has 1 aromatic rings. The lowest BCUT2D eigenvalue weighted by Gasteiger charge is -2.31. The summed E-state index contributed by atoms with van der Waals surface area (Å²) in [5.74, 6) is 0.0653. The molecule has 1 N–H and O–H groups in total. The minimum Gasteiger partial charge on any atom is -0.493 e. The highest BCUT2D eigenvalue weighted by atomic mass is 35.5. The fourth-order valence-corrected chi connectivity index (χ4v) is 3.84. The fourth-order valence-electron chi connectivity index (χ4n) is 2.69. The second-order valence-electron chi connectivity index (χ2n) is 5.59. The molecule has 0 spiro atoms. The van der Waals surface area contributed by atoms with Gasteiger partial charge in [-0.05, 0) is 31.9 Å². The van der Waals surface area contributed by atoms with Gasteiger partial charge in [0.1, 0.15) is 11.6 Å². The molecule has 4 nitrogen and oxygen atoms in total. The van der Waals surface area contributed by atoms with Crippen molar-refractivity contribution in [2.24, 2.45) is 5.92 Å². The van der Waals surface area contributed by atoms with Gasteiger partial charge in [0.2, 0.25) is 10.0 Å². The van der Waals surface area contributed by atoms with Crippen molar-refractivity contribution in [2.45, 2.75) is 38.6 Å². The van der Waals surface area contributed by atoms with Crippen LogP contribution in [0.2, 0.25) is 5.02 Å². The van der Waals surface area contributed by atoms with Crippen LogP contribution in [0.15, 0.2) is 18.2 Å². The van der Waals surface area contributed by atoms with Crippen LogP contribution in [-0.2, 0) is 10.0 Å². The van der Waals surface area contributed by atoms with Crippen LogP contribution >= 0.6 is 11.6 Å². The van der Waals surface area contributed by atoms with Gasteiger partial charge in [0, 0.05) is 23.0 Å². The second kappa shape index (κ2) is 7.62. The Kier molecular flexibility index (Phi) is 6.06. The third-order valence-corrected chi connectivity index (χ3v) is 5.56. The topological polar surface area (TPSA) is 55.4 Å². The van der Waals surface area contributed by atoms with Gasteiger partial charge in [-0.2, -0.15) is 0 Å². The van der Waals surface area contributed by atoms with Crippen LogP contribution in [0.25, 0.3) is 0 Å². The Hall–Kier alpha value is -0.850. The zero-order valence-corrected chi connectivity index (χ0v) is 14.1. The van der Waals surface area contributed by atoms with Gasteiger partial charge in [0.25, 0.3) is 0 Å². The van der Waals surface area contributed by atoms with Gasteiger partial charge in [0.05, 0.1) is 12.4 Å². The van der Waals surface area contributed by atoms with Crippen molar-refractivity contribution in [3.63, 3.8) is 0 Å². The molecule has 0 radical (unpaired) electrons. The minimum absolute atomic E-state index is 0.0661. The molecule has 7 heteroatoms. The summed E-state index contributed by atoms with van der Waals surface area (Å²) in [5.41, 5.74) is 0. The molecule has 0 saturated heterocycles. The summed E-state index contributed by atoms with van der Waals surface area (Å²) in [6.45, 7) is 1.96. The van der Waals surface area contributed by atoms with Crippen LogP contribution < -0.4 is 9.46 Å². The van der Waals surface area contributed by atoms with Crippen LogP contribution in [-0.4, -0.2) is 26.8 Å². The molecule has 1 aliphatic carbocycles. The third kappa shape index (κ3) is 5.11. The molecule has 0 aromatic heterocycles. The van der Waals surface area contributed by atoms with Crippen molar-refractivity contribution >= 4 is 21.6 Å². The molecule has 22 heavy (non-hydrogen) atoms. The summed E-state index contributed by atoms with van der Waals surface area (Å²) in [5, 5.41) is 0.280. The summed E-state index contributed by atoms with van der Waals surface area (Å²) in [6.07, 6.45) is 3.73. The van der Waals surface area contributed by atoms with Crippen molar-refractivity contribution < 1.29 is 17.5 Å². The first-order chi connectivity index (χ1) is 10.4. The van der Waals surface area contributed by atoms with Crippen LogP contribution in [0.1, 0.15) is 32.6 Å². The predicted octanol–water partition coefficient (Wildman–Crippen LogP) is 3.36. The summed E-state index contributed by atoms with van der Waals surface area (Å²) in [6, 6.07) is 3.92. The standard InChI is InChI=1S/C15H21ClFNO3S/c1-2-22(19,20)18-15-6-4-3-5-11(15)10-21-14-8-12(16)7-13(17)9-14/h7-9,11,15,18H,2-6,10H2,1H3. The normalized spacial score (nSPS) is 22.5. The smallest absolute Gasteiger partial charge is 0.211 e. The summed E-state index contributed by atoms with van der Waals surface area (Å²) >= 11 is 5.79. The number of nitrogens with one attached hydrogen (secondary N) is 1. The number of rotatable bonds is 6. The Labute approximate surface area is 136 Å². The quantitative estimate of drug-likeness (QED) is 0.856. The van der Waals surface area contributed by atoms with Crippen LogP contribution in [0.5, 0.6) is 5.75 Å². The van der Waals surface area contributed by atoms with Gasteiger partial charge in [-0.25, -0.2) is 17.5 Å². The molecule has 1 aliphatic rings. The first kappa shape index (κ1) is 17.5. The molecule has 1 fully saturated rings. The summed E-state index contributed by atoms with van der Waals surface area (Å²) in [4.78, 5) is 0. The lowest BCUT2D eigenvalue weighted by atomic mass is 9.86. The van der Waals surface area contributed by atoms with Gasteiger partial charge in [-0.3, -0.25) is 0 Å². The highest BCUT2D eigenvalue weighted by molar-refractivity contribution is 7.89. The lowest BCUT2D eigenvalue weighted by Crippen LogP contribution is -2.44. The molecule has 2 unspecified atom stereocenters. The monoisotopic (exact) mass is 349 g/mol. The van der Waals surface area contributed by atoms with E-state index < -0.39 is 15.8 Å². The Morgan fingerprint density at radius 2 is 2.05 bits per heavy atom. The van der Waals surface area contributed by atoms with Crippen LogP contribution in [0.4, 0.5) is 4.39 Å². The van der Waals surface area contributed by atoms with Crippen molar-refractivity contribution in [3.8, 4) is 5.75 Å². The molecule has 0 heterocycles. The van der Waals surface area contributed by atoms with Crippen molar-refractivity contribution in [3.05, 3.63) is 29.0 Å². The molecule has 0 amide bonds. The zero-order valence-electron chi connectivity index (χ0n) is 12.5. The van der Waals surface area contributed by atoms with Crippen LogP contribution in [0.3, 0.4) is 0 Å². The molecule has 2 atom stereocenters. The maximum absolute atomic E-state index is 13.3. The number of halogens is 2. The highest BCUT2D eigenvalue weighted by Gasteiger charge is 2.28. The zero-order chi connectivity index (χ0) is 16.2. The van der Waals surface area contributed by atoms with E-state index >= 15 is 0 Å². The average molecular weight is 350 g/mol. The first-order valence-corrected chi connectivity index (χ1v) is 9.51. The van der Waals surface area contributed by atoms with Gasteiger partial charge in [-0.15, -0.1) is 0 Å². The third-order valence-electron chi connectivity index (χ3n) is 3.92. The Balaban J connectivity index is 1.99. The molecule has 2 rings (SSSR count). The van der Waals surface area contributed by atoms with Crippen LogP contribution in [0, 0.1) is 11.7 Å². The molecule has 1 saturated carbocycles. The SMILES string of the molecule is CCS(=O)(=O)NC1CCCCC1COc1cc(F)cc(Cl)c1. The molecular formula is C15H21ClFNO3S. The summed E-state index contributed by atoms with van der Waals surface area (Å²) in [7, 11) is -3.24.